The number of hydrogen-bond acceptors (Lipinski definition) is 5. The van der Waals surface area contributed by atoms with Gasteiger partial charge in [-0.05, 0) is 13.8 Å². The van der Waals surface area contributed by atoms with Crippen molar-refractivity contribution in [2.75, 3.05) is 7.11 Å². The molecule has 1 saturated heterocycles. The van der Waals surface area contributed by atoms with E-state index in [1.807, 2.05) is 6.07 Å². The van der Waals surface area contributed by atoms with E-state index in [0.29, 0.717) is 0 Å². The first-order valence-corrected chi connectivity index (χ1v) is 4.61. The van der Waals surface area contributed by atoms with Gasteiger partial charge in [-0.1, -0.05) is 0 Å². The number of ether oxygens (including phenoxy) is 2. The van der Waals surface area contributed by atoms with Gasteiger partial charge in [-0.25, -0.2) is 0 Å². The van der Waals surface area contributed by atoms with Crippen LogP contribution < -0.4 is 0 Å². The van der Waals surface area contributed by atoms with E-state index >= 15 is 0 Å². The largest absolute Gasteiger partial charge is 0.468 e. The summed E-state index contributed by atoms with van der Waals surface area (Å²) in [6.45, 7) is 3.38. The van der Waals surface area contributed by atoms with E-state index in [2.05, 4.69) is 4.74 Å². The molecule has 82 valence electrons. The van der Waals surface area contributed by atoms with Crippen LogP contribution in [0.3, 0.4) is 0 Å². The Labute approximate surface area is 88.0 Å². The normalized spacial score (nSPS) is 28.0. The van der Waals surface area contributed by atoms with Gasteiger partial charge in [-0.15, -0.1) is 0 Å². The van der Waals surface area contributed by atoms with Crippen molar-refractivity contribution in [2.45, 2.75) is 25.9 Å². The maximum Gasteiger partial charge on any atom is 0.321 e. The van der Waals surface area contributed by atoms with Gasteiger partial charge in [0, 0.05) is 12.3 Å². The molecule has 0 aromatic rings. The summed E-state index contributed by atoms with van der Waals surface area (Å²) in [7, 11) is 1.21. The summed E-state index contributed by atoms with van der Waals surface area (Å²) in [5, 5.41) is 8.65. The van der Waals surface area contributed by atoms with Crippen LogP contribution in [0.5, 0.6) is 0 Å². The molecule has 0 aromatic carbocycles. The molecule has 0 spiro atoms. The number of methoxy groups -OCH3 is 1. The van der Waals surface area contributed by atoms with Gasteiger partial charge in [-0.2, -0.15) is 5.26 Å². The Balaban J connectivity index is 2.99. The first kappa shape index (κ1) is 11.5. The van der Waals surface area contributed by atoms with Crippen LogP contribution in [0.25, 0.3) is 0 Å². The van der Waals surface area contributed by atoms with Gasteiger partial charge in [-0.3, -0.25) is 9.59 Å². The third kappa shape index (κ3) is 1.94. The van der Waals surface area contributed by atoms with Crippen molar-refractivity contribution in [3.8, 4) is 6.07 Å². The highest BCUT2D eigenvalue weighted by molar-refractivity contribution is 5.97. The summed E-state index contributed by atoms with van der Waals surface area (Å²) in [6.07, 6.45) is 0.0957. The minimum atomic E-state index is -0.968. The molecule has 1 fully saturated rings. The Kier molecular flexibility index (Phi) is 2.98. The summed E-state index contributed by atoms with van der Waals surface area (Å²) in [5.41, 5.74) is -0.786. The van der Waals surface area contributed by atoms with Gasteiger partial charge in [0.05, 0.1) is 13.2 Å². The highest BCUT2D eigenvalue weighted by Crippen LogP contribution is 2.39. The minimum Gasteiger partial charge on any atom is -0.468 e. The highest BCUT2D eigenvalue weighted by Gasteiger charge is 2.53. The van der Waals surface area contributed by atoms with Crippen molar-refractivity contribution in [2.24, 2.45) is 11.8 Å². The second-order valence-corrected chi connectivity index (χ2v) is 3.99. The van der Waals surface area contributed by atoms with Crippen LogP contribution in [0.2, 0.25) is 0 Å². The van der Waals surface area contributed by atoms with Crippen LogP contribution in [0.4, 0.5) is 0 Å². The van der Waals surface area contributed by atoms with Crippen LogP contribution in [0, 0.1) is 23.2 Å². The smallest absolute Gasteiger partial charge is 0.321 e. The van der Waals surface area contributed by atoms with Crippen molar-refractivity contribution >= 4 is 11.9 Å². The zero-order valence-corrected chi connectivity index (χ0v) is 8.94. The SMILES string of the molecule is COC(=O)C1C(=O)OC(C)(C)C1CC#N. The maximum atomic E-state index is 11.4. The van der Waals surface area contributed by atoms with Crippen LogP contribution in [0.1, 0.15) is 20.3 Å². The standard InChI is InChI=1S/C10H13NO4/c1-10(2)6(4-5-11)7(8(12)14-3)9(13)15-10/h6-7H,4H2,1-3H3. The van der Waals surface area contributed by atoms with E-state index in [0.717, 1.165) is 0 Å². The molecule has 0 amide bonds. The number of rotatable bonds is 2. The summed E-state index contributed by atoms with van der Waals surface area (Å²) in [4.78, 5) is 22.8. The summed E-state index contributed by atoms with van der Waals surface area (Å²) >= 11 is 0. The summed E-state index contributed by atoms with van der Waals surface area (Å²) in [6, 6.07) is 1.95. The Hall–Kier alpha value is -1.57. The van der Waals surface area contributed by atoms with E-state index in [9.17, 15) is 9.59 Å². The van der Waals surface area contributed by atoms with Crippen LogP contribution in [0.15, 0.2) is 0 Å². The monoisotopic (exact) mass is 211 g/mol. The zero-order valence-electron chi connectivity index (χ0n) is 8.94. The van der Waals surface area contributed by atoms with Crippen molar-refractivity contribution in [1.82, 2.24) is 0 Å². The molecule has 2 unspecified atom stereocenters. The Bertz CT molecular complexity index is 329. The third-order valence-electron chi connectivity index (χ3n) is 2.68. The molecule has 5 nitrogen and oxygen atoms in total. The van der Waals surface area contributed by atoms with E-state index in [1.54, 1.807) is 13.8 Å². The van der Waals surface area contributed by atoms with Crippen molar-refractivity contribution < 1.29 is 19.1 Å². The van der Waals surface area contributed by atoms with Crippen molar-refractivity contribution in [1.29, 1.82) is 5.26 Å². The lowest BCUT2D eigenvalue weighted by Crippen LogP contribution is -2.33. The van der Waals surface area contributed by atoms with Crippen LogP contribution in [-0.2, 0) is 19.1 Å². The van der Waals surface area contributed by atoms with E-state index in [1.165, 1.54) is 7.11 Å². The minimum absolute atomic E-state index is 0.0957. The molecule has 0 N–H and O–H groups in total. The van der Waals surface area contributed by atoms with Crippen molar-refractivity contribution in [3.05, 3.63) is 0 Å². The number of hydrogen-bond donors (Lipinski definition) is 0. The number of nitrogens with zero attached hydrogens (tertiary/aromatic N) is 1. The predicted octanol–water partition coefficient (Wildman–Crippen LogP) is 0.641. The predicted molar refractivity (Wildman–Crippen MR) is 49.4 cm³/mol. The molecule has 1 rings (SSSR count). The summed E-state index contributed by atoms with van der Waals surface area (Å²) in [5.74, 6) is -2.65. The third-order valence-corrected chi connectivity index (χ3v) is 2.68. The number of nitriles is 1. The van der Waals surface area contributed by atoms with Crippen molar-refractivity contribution in [3.63, 3.8) is 0 Å². The van der Waals surface area contributed by atoms with E-state index in [-0.39, 0.29) is 6.42 Å². The topological polar surface area (TPSA) is 76.4 Å². The highest BCUT2D eigenvalue weighted by atomic mass is 16.6. The molecule has 0 radical (unpaired) electrons. The molecule has 2 atom stereocenters. The lowest BCUT2D eigenvalue weighted by atomic mass is 9.81. The number of carbonyl (C=O) groups is 2. The molecule has 0 saturated carbocycles. The van der Waals surface area contributed by atoms with Gasteiger partial charge in [0.15, 0.2) is 5.92 Å². The number of cyclic esters (lactones) is 1. The maximum absolute atomic E-state index is 11.4. The van der Waals surface area contributed by atoms with E-state index in [4.69, 9.17) is 10.00 Å². The zero-order chi connectivity index (χ0) is 11.6. The second kappa shape index (κ2) is 3.89. The second-order valence-electron chi connectivity index (χ2n) is 3.99. The Morgan fingerprint density at radius 2 is 2.27 bits per heavy atom. The average molecular weight is 211 g/mol. The van der Waals surface area contributed by atoms with Gasteiger partial charge in [0.25, 0.3) is 0 Å². The first-order valence-electron chi connectivity index (χ1n) is 4.61. The fraction of sp³-hybridized carbons (Fsp3) is 0.700. The molecule has 0 aliphatic carbocycles. The molecular formula is C10H13NO4. The molecule has 0 bridgehead atoms. The number of esters is 2. The van der Waals surface area contributed by atoms with Crippen LogP contribution in [-0.4, -0.2) is 24.6 Å². The fourth-order valence-corrected chi connectivity index (χ4v) is 1.81. The molecule has 15 heavy (non-hydrogen) atoms. The molecule has 1 aliphatic rings. The lowest BCUT2D eigenvalue weighted by molar-refractivity contribution is -0.156. The first-order chi connectivity index (χ1) is 6.94. The van der Waals surface area contributed by atoms with Gasteiger partial charge in [0.1, 0.15) is 5.60 Å². The molecule has 1 aliphatic heterocycles. The molecule has 5 heteroatoms. The number of carbonyl (C=O) groups excluding carboxylic acids is 2. The Morgan fingerprint density at radius 3 is 2.73 bits per heavy atom. The average Bonchev–Trinajstić information content (AvgIpc) is 2.36. The van der Waals surface area contributed by atoms with Crippen LogP contribution >= 0.6 is 0 Å². The van der Waals surface area contributed by atoms with Gasteiger partial charge >= 0.3 is 11.9 Å². The molecular weight excluding hydrogens is 198 g/mol. The van der Waals surface area contributed by atoms with E-state index < -0.39 is 29.4 Å². The van der Waals surface area contributed by atoms with Gasteiger partial charge in [0.2, 0.25) is 0 Å². The fourth-order valence-electron chi connectivity index (χ4n) is 1.81. The lowest BCUT2D eigenvalue weighted by Gasteiger charge is -2.23. The quantitative estimate of drug-likeness (QED) is 0.495. The summed E-state index contributed by atoms with van der Waals surface area (Å²) < 4.78 is 9.58. The molecule has 1 heterocycles. The Morgan fingerprint density at radius 1 is 1.67 bits per heavy atom. The van der Waals surface area contributed by atoms with Gasteiger partial charge < -0.3 is 9.47 Å². The molecule has 0 aromatic heterocycles.